The molecule has 0 heterocycles. The fourth-order valence-electron chi connectivity index (χ4n) is 2.59. The molecule has 0 aromatic heterocycles. The van der Waals surface area contributed by atoms with Gasteiger partial charge in [0.25, 0.3) is 15.9 Å². The van der Waals surface area contributed by atoms with Gasteiger partial charge in [0.2, 0.25) is 0 Å². The molecule has 0 bridgehead atoms. The van der Waals surface area contributed by atoms with Gasteiger partial charge in [0.05, 0.1) is 17.7 Å². The van der Waals surface area contributed by atoms with Crippen molar-refractivity contribution in [1.82, 2.24) is 0 Å². The second kappa shape index (κ2) is 9.09. The molecule has 0 atom stereocenters. The minimum atomic E-state index is -4.12. The number of rotatable bonds is 6. The number of hydrogen-bond acceptors (Lipinski definition) is 4. The van der Waals surface area contributed by atoms with Gasteiger partial charge in [-0.1, -0.05) is 23.2 Å². The van der Waals surface area contributed by atoms with Crippen LogP contribution in [0.3, 0.4) is 0 Å². The topological polar surface area (TPSA) is 84.5 Å². The van der Waals surface area contributed by atoms with Crippen molar-refractivity contribution >= 4 is 50.5 Å². The number of carbonyl (C=O) groups is 1. The number of halogens is 4. The van der Waals surface area contributed by atoms with Crippen LogP contribution in [0, 0.1) is 11.6 Å². The number of methoxy groups -OCH3 is 1. The van der Waals surface area contributed by atoms with E-state index < -0.39 is 27.6 Å². The van der Waals surface area contributed by atoms with Crippen LogP contribution in [0.15, 0.2) is 59.5 Å². The van der Waals surface area contributed by atoms with Crippen LogP contribution in [0.25, 0.3) is 0 Å². The molecule has 0 aliphatic heterocycles. The van der Waals surface area contributed by atoms with Crippen LogP contribution in [0.5, 0.6) is 5.75 Å². The van der Waals surface area contributed by atoms with Gasteiger partial charge in [0.1, 0.15) is 10.6 Å². The summed E-state index contributed by atoms with van der Waals surface area (Å²) in [5.74, 6) is -3.29. The summed E-state index contributed by atoms with van der Waals surface area (Å²) in [5, 5.41) is 2.53. The molecule has 0 saturated carbocycles. The van der Waals surface area contributed by atoms with Gasteiger partial charge in [-0.25, -0.2) is 17.2 Å². The molecule has 2 N–H and O–H groups in total. The molecule has 1 amide bonds. The molecule has 11 heteroatoms. The first-order valence-corrected chi connectivity index (χ1v) is 10.8. The highest BCUT2D eigenvalue weighted by Gasteiger charge is 2.22. The maximum absolute atomic E-state index is 13.5. The van der Waals surface area contributed by atoms with Crippen molar-refractivity contribution in [3.05, 3.63) is 81.8 Å². The normalized spacial score (nSPS) is 11.1. The number of hydrogen-bond donors (Lipinski definition) is 2. The lowest BCUT2D eigenvalue weighted by Gasteiger charge is -2.14. The summed E-state index contributed by atoms with van der Waals surface area (Å²) in [6, 6.07) is 11.2. The molecule has 0 fully saturated rings. The van der Waals surface area contributed by atoms with Gasteiger partial charge in [-0.3, -0.25) is 9.52 Å². The van der Waals surface area contributed by atoms with Crippen molar-refractivity contribution in [3.63, 3.8) is 0 Å². The van der Waals surface area contributed by atoms with Crippen molar-refractivity contribution in [3.8, 4) is 5.75 Å². The standard InChI is InChI=1S/C20H14Cl2F2N2O4S/c1-30-18-7-6-13(25-20(27)14-9-16(23)17(24)10-15(14)22)8-19(18)31(28,29)26-12-4-2-11(21)3-5-12/h2-10,26H,1H3,(H,25,27). The van der Waals surface area contributed by atoms with Crippen LogP contribution < -0.4 is 14.8 Å². The molecule has 0 aliphatic rings. The van der Waals surface area contributed by atoms with Crippen molar-refractivity contribution in [1.29, 1.82) is 0 Å². The number of carbonyl (C=O) groups excluding carboxylic acids is 1. The fourth-order valence-corrected chi connectivity index (χ4v) is 4.20. The van der Waals surface area contributed by atoms with Gasteiger partial charge in [-0.05, 0) is 54.6 Å². The van der Waals surface area contributed by atoms with E-state index in [2.05, 4.69) is 10.0 Å². The van der Waals surface area contributed by atoms with Crippen molar-refractivity contribution in [2.75, 3.05) is 17.1 Å². The largest absolute Gasteiger partial charge is 0.495 e. The van der Waals surface area contributed by atoms with Gasteiger partial charge in [0.15, 0.2) is 11.6 Å². The molecule has 31 heavy (non-hydrogen) atoms. The summed E-state index contributed by atoms with van der Waals surface area (Å²) >= 11 is 11.6. The highest BCUT2D eigenvalue weighted by atomic mass is 35.5. The third-order valence-electron chi connectivity index (χ3n) is 4.06. The lowest BCUT2D eigenvalue weighted by atomic mass is 10.2. The van der Waals surface area contributed by atoms with E-state index in [0.717, 1.165) is 6.07 Å². The van der Waals surface area contributed by atoms with Gasteiger partial charge in [0, 0.05) is 16.4 Å². The number of ether oxygens (including phenoxy) is 1. The van der Waals surface area contributed by atoms with E-state index in [4.69, 9.17) is 27.9 Å². The number of benzene rings is 3. The third-order valence-corrected chi connectivity index (χ3v) is 6.03. The van der Waals surface area contributed by atoms with E-state index in [1.54, 1.807) is 0 Å². The van der Waals surface area contributed by atoms with Crippen LogP contribution in [0.1, 0.15) is 10.4 Å². The van der Waals surface area contributed by atoms with Crippen LogP contribution in [-0.2, 0) is 10.0 Å². The Labute approximate surface area is 186 Å². The number of nitrogens with one attached hydrogen (secondary N) is 2. The molecular formula is C20H14Cl2F2N2O4S. The van der Waals surface area contributed by atoms with Crippen molar-refractivity contribution in [2.24, 2.45) is 0 Å². The third kappa shape index (κ3) is 5.25. The Hall–Kier alpha value is -2.88. The number of sulfonamides is 1. The fraction of sp³-hybridized carbons (Fsp3) is 0.0500. The lowest BCUT2D eigenvalue weighted by molar-refractivity contribution is 0.102. The minimum absolute atomic E-state index is 0.0188. The second-order valence-electron chi connectivity index (χ2n) is 6.18. The van der Waals surface area contributed by atoms with Crippen LogP contribution in [-0.4, -0.2) is 21.4 Å². The summed E-state index contributed by atoms with van der Waals surface area (Å²) in [6.45, 7) is 0. The molecule has 0 aliphatic carbocycles. The first kappa shape index (κ1) is 22.8. The predicted octanol–water partition coefficient (Wildman–Crippen LogP) is 5.33. The van der Waals surface area contributed by atoms with Crippen LogP contribution in [0.4, 0.5) is 20.2 Å². The molecule has 0 saturated heterocycles. The Morgan fingerprint density at radius 3 is 2.19 bits per heavy atom. The SMILES string of the molecule is COc1ccc(NC(=O)c2cc(F)c(F)cc2Cl)cc1S(=O)(=O)Nc1ccc(Cl)cc1. The van der Waals surface area contributed by atoms with Crippen LogP contribution >= 0.6 is 23.2 Å². The Morgan fingerprint density at radius 1 is 0.935 bits per heavy atom. The average Bonchev–Trinajstić information content (AvgIpc) is 2.72. The molecular weight excluding hydrogens is 473 g/mol. The quantitative estimate of drug-likeness (QED) is 0.461. The maximum Gasteiger partial charge on any atom is 0.265 e. The molecule has 3 aromatic carbocycles. The number of amides is 1. The second-order valence-corrected chi connectivity index (χ2v) is 8.67. The molecule has 0 spiro atoms. The molecule has 162 valence electrons. The van der Waals surface area contributed by atoms with E-state index in [9.17, 15) is 22.0 Å². The Morgan fingerprint density at radius 2 is 1.55 bits per heavy atom. The summed E-state index contributed by atoms with van der Waals surface area (Å²) in [5.41, 5.74) is -0.00220. The zero-order valence-electron chi connectivity index (χ0n) is 15.7. The van der Waals surface area contributed by atoms with Crippen molar-refractivity contribution < 1.29 is 26.7 Å². The van der Waals surface area contributed by atoms with Gasteiger partial charge in [-0.15, -0.1) is 0 Å². The highest BCUT2D eigenvalue weighted by Crippen LogP contribution is 2.30. The van der Waals surface area contributed by atoms with E-state index in [1.165, 1.54) is 43.5 Å². The van der Waals surface area contributed by atoms with Crippen molar-refractivity contribution in [2.45, 2.75) is 4.90 Å². The summed E-state index contributed by atoms with van der Waals surface area (Å²) in [6.07, 6.45) is 0. The molecule has 3 aromatic rings. The van der Waals surface area contributed by atoms with Crippen LogP contribution in [0.2, 0.25) is 10.0 Å². The lowest BCUT2D eigenvalue weighted by Crippen LogP contribution is -2.16. The van der Waals surface area contributed by atoms with E-state index >= 15 is 0 Å². The molecule has 3 rings (SSSR count). The predicted molar refractivity (Wildman–Crippen MR) is 115 cm³/mol. The monoisotopic (exact) mass is 486 g/mol. The first-order chi connectivity index (χ1) is 14.6. The van der Waals surface area contributed by atoms with Gasteiger partial charge < -0.3 is 10.1 Å². The van der Waals surface area contributed by atoms with Gasteiger partial charge >= 0.3 is 0 Å². The van der Waals surface area contributed by atoms with E-state index in [0.29, 0.717) is 17.2 Å². The zero-order valence-corrected chi connectivity index (χ0v) is 18.1. The summed E-state index contributed by atoms with van der Waals surface area (Å²) in [4.78, 5) is 12.2. The van der Waals surface area contributed by atoms with E-state index in [-0.39, 0.29) is 32.6 Å². The molecule has 0 unspecified atom stereocenters. The zero-order chi connectivity index (χ0) is 22.8. The maximum atomic E-state index is 13.5. The average molecular weight is 487 g/mol. The summed E-state index contributed by atoms with van der Waals surface area (Å²) < 4.78 is 59.9. The Kier molecular flexibility index (Phi) is 6.68. The molecule has 6 nitrogen and oxygen atoms in total. The molecule has 0 radical (unpaired) electrons. The smallest absolute Gasteiger partial charge is 0.265 e. The minimum Gasteiger partial charge on any atom is -0.495 e. The van der Waals surface area contributed by atoms with E-state index in [1.807, 2.05) is 0 Å². The first-order valence-electron chi connectivity index (χ1n) is 8.53. The van der Waals surface area contributed by atoms with Gasteiger partial charge in [-0.2, -0.15) is 0 Å². The Balaban J connectivity index is 1.92. The number of anilines is 2. The highest BCUT2D eigenvalue weighted by molar-refractivity contribution is 7.92. The summed E-state index contributed by atoms with van der Waals surface area (Å²) in [7, 11) is -2.83. The Bertz CT molecular complexity index is 1250.